The molecule has 1 aliphatic heterocycles. The van der Waals surface area contributed by atoms with Crippen LogP contribution in [-0.2, 0) is 16.6 Å². The molecule has 5 heteroatoms. The predicted octanol–water partition coefficient (Wildman–Crippen LogP) is 4.04. The van der Waals surface area contributed by atoms with Crippen molar-refractivity contribution in [3.8, 4) is 0 Å². The Labute approximate surface area is 160 Å². The first-order valence-corrected chi connectivity index (χ1v) is 8.72. The van der Waals surface area contributed by atoms with Crippen LogP contribution in [0.1, 0.15) is 36.6 Å². The SMILES string of the molecule is CC(C)(C(=O)NCC1NCCc2ccccc21)c1ccccc1Cl.Cl. The van der Waals surface area contributed by atoms with Crippen LogP contribution < -0.4 is 10.6 Å². The molecule has 0 saturated carbocycles. The molecule has 1 unspecified atom stereocenters. The molecular formula is C20H24Cl2N2O. The van der Waals surface area contributed by atoms with Crippen molar-refractivity contribution in [3.05, 3.63) is 70.2 Å². The number of rotatable bonds is 4. The molecule has 25 heavy (non-hydrogen) atoms. The molecule has 0 saturated heterocycles. The summed E-state index contributed by atoms with van der Waals surface area (Å²) in [6, 6.07) is 16.1. The maximum Gasteiger partial charge on any atom is 0.230 e. The Kier molecular flexibility index (Phi) is 6.50. The van der Waals surface area contributed by atoms with E-state index < -0.39 is 5.41 Å². The number of benzene rings is 2. The van der Waals surface area contributed by atoms with E-state index >= 15 is 0 Å². The molecule has 2 N–H and O–H groups in total. The lowest BCUT2D eigenvalue weighted by atomic mass is 9.83. The molecule has 134 valence electrons. The third-order valence-corrected chi connectivity index (χ3v) is 5.13. The van der Waals surface area contributed by atoms with Crippen molar-refractivity contribution < 1.29 is 4.79 Å². The summed E-state index contributed by atoms with van der Waals surface area (Å²) >= 11 is 6.28. The van der Waals surface area contributed by atoms with Crippen LogP contribution >= 0.6 is 24.0 Å². The lowest BCUT2D eigenvalue weighted by molar-refractivity contribution is -0.125. The fourth-order valence-electron chi connectivity index (χ4n) is 3.28. The van der Waals surface area contributed by atoms with E-state index in [1.54, 1.807) is 0 Å². The first kappa shape index (κ1) is 19.8. The summed E-state index contributed by atoms with van der Waals surface area (Å²) in [6.07, 6.45) is 1.03. The van der Waals surface area contributed by atoms with Crippen LogP contribution in [-0.4, -0.2) is 19.0 Å². The van der Waals surface area contributed by atoms with Gasteiger partial charge in [0.25, 0.3) is 0 Å². The van der Waals surface area contributed by atoms with Crippen molar-refractivity contribution in [2.24, 2.45) is 0 Å². The second-order valence-electron chi connectivity index (χ2n) is 6.77. The van der Waals surface area contributed by atoms with Crippen molar-refractivity contribution in [2.75, 3.05) is 13.1 Å². The Morgan fingerprint density at radius 2 is 1.88 bits per heavy atom. The topological polar surface area (TPSA) is 41.1 Å². The minimum Gasteiger partial charge on any atom is -0.353 e. The van der Waals surface area contributed by atoms with Gasteiger partial charge in [-0.25, -0.2) is 0 Å². The van der Waals surface area contributed by atoms with Crippen LogP contribution in [0.15, 0.2) is 48.5 Å². The molecule has 2 aromatic carbocycles. The molecule has 0 aromatic heterocycles. The normalized spacial score (nSPS) is 16.5. The summed E-state index contributed by atoms with van der Waals surface area (Å²) < 4.78 is 0. The largest absolute Gasteiger partial charge is 0.353 e. The van der Waals surface area contributed by atoms with E-state index in [2.05, 4.69) is 28.8 Å². The fraction of sp³-hybridized carbons (Fsp3) is 0.350. The van der Waals surface area contributed by atoms with E-state index in [4.69, 9.17) is 11.6 Å². The Morgan fingerprint density at radius 3 is 2.64 bits per heavy atom. The van der Waals surface area contributed by atoms with E-state index in [1.807, 2.05) is 44.2 Å². The fourth-order valence-corrected chi connectivity index (χ4v) is 3.65. The van der Waals surface area contributed by atoms with E-state index in [-0.39, 0.29) is 24.4 Å². The molecule has 3 rings (SSSR count). The van der Waals surface area contributed by atoms with Crippen LogP contribution in [0.3, 0.4) is 0 Å². The number of carbonyl (C=O) groups is 1. The summed E-state index contributed by atoms with van der Waals surface area (Å²) in [4.78, 5) is 12.8. The number of nitrogens with one attached hydrogen (secondary N) is 2. The van der Waals surface area contributed by atoms with Gasteiger partial charge in [-0.15, -0.1) is 12.4 Å². The highest BCUT2D eigenvalue weighted by Crippen LogP contribution is 2.30. The number of halogens is 2. The maximum absolute atomic E-state index is 12.8. The molecule has 0 spiro atoms. The molecule has 0 aliphatic carbocycles. The first-order chi connectivity index (χ1) is 11.5. The molecule has 0 radical (unpaired) electrons. The Bertz CT molecular complexity index is 746. The Morgan fingerprint density at radius 1 is 1.20 bits per heavy atom. The van der Waals surface area contributed by atoms with Crippen molar-refractivity contribution in [1.82, 2.24) is 10.6 Å². The molecule has 0 bridgehead atoms. The highest BCUT2D eigenvalue weighted by molar-refractivity contribution is 6.31. The summed E-state index contributed by atoms with van der Waals surface area (Å²) in [5.74, 6) is -0.0135. The Hall–Kier alpha value is -1.55. The highest BCUT2D eigenvalue weighted by Gasteiger charge is 2.32. The quantitative estimate of drug-likeness (QED) is 0.842. The smallest absolute Gasteiger partial charge is 0.230 e. The molecule has 2 aromatic rings. The third-order valence-electron chi connectivity index (χ3n) is 4.80. The van der Waals surface area contributed by atoms with Gasteiger partial charge in [-0.1, -0.05) is 54.1 Å². The van der Waals surface area contributed by atoms with Crippen molar-refractivity contribution in [1.29, 1.82) is 0 Å². The summed E-state index contributed by atoms with van der Waals surface area (Å²) in [5, 5.41) is 7.22. The van der Waals surface area contributed by atoms with Crippen molar-refractivity contribution in [2.45, 2.75) is 31.7 Å². The van der Waals surface area contributed by atoms with E-state index in [0.717, 1.165) is 18.5 Å². The van der Waals surface area contributed by atoms with Crippen LogP contribution in [0.25, 0.3) is 0 Å². The molecule has 1 aliphatic rings. The first-order valence-electron chi connectivity index (χ1n) is 8.34. The van der Waals surface area contributed by atoms with Gasteiger partial charge < -0.3 is 10.6 Å². The van der Waals surface area contributed by atoms with Gasteiger partial charge in [0.05, 0.1) is 5.41 Å². The average molecular weight is 379 g/mol. The molecular weight excluding hydrogens is 355 g/mol. The minimum atomic E-state index is -0.674. The lowest BCUT2D eigenvalue weighted by Gasteiger charge is -2.30. The van der Waals surface area contributed by atoms with Gasteiger partial charge in [0, 0.05) is 17.6 Å². The minimum absolute atomic E-state index is 0. The molecule has 1 atom stereocenters. The molecule has 0 fully saturated rings. The summed E-state index contributed by atoms with van der Waals surface area (Å²) in [6.45, 7) is 5.33. The monoisotopic (exact) mass is 378 g/mol. The van der Waals surface area contributed by atoms with Gasteiger partial charge in [-0.3, -0.25) is 4.79 Å². The number of hydrogen-bond acceptors (Lipinski definition) is 2. The van der Waals surface area contributed by atoms with Crippen LogP contribution in [0.5, 0.6) is 0 Å². The highest BCUT2D eigenvalue weighted by atomic mass is 35.5. The zero-order chi connectivity index (χ0) is 17.2. The number of fused-ring (bicyclic) bond motifs is 1. The maximum atomic E-state index is 12.8. The van der Waals surface area contributed by atoms with Crippen molar-refractivity contribution in [3.63, 3.8) is 0 Å². The van der Waals surface area contributed by atoms with Gasteiger partial charge in [0.1, 0.15) is 0 Å². The van der Waals surface area contributed by atoms with E-state index in [1.165, 1.54) is 11.1 Å². The zero-order valence-corrected chi connectivity index (χ0v) is 16.1. The summed E-state index contributed by atoms with van der Waals surface area (Å²) in [7, 11) is 0. The van der Waals surface area contributed by atoms with Gasteiger partial charge in [-0.05, 0) is 49.6 Å². The van der Waals surface area contributed by atoms with E-state index in [0.29, 0.717) is 11.6 Å². The van der Waals surface area contributed by atoms with Crippen LogP contribution in [0.2, 0.25) is 5.02 Å². The number of hydrogen-bond donors (Lipinski definition) is 2. The van der Waals surface area contributed by atoms with Crippen molar-refractivity contribution >= 4 is 29.9 Å². The van der Waals surface area contributed by atoms with Gasteiger partial charge in [-0.2, -0.15) is 0 Å². The molecule has 3 nitrogen and oxygen atoms in total. The third kappa shape index (κ3) is 4.17. The van der Waals surface area contributed by atoms with Crippen LogP contribution in [0, 0.1) is 0 Å². The molecule has 1 amide bonds. The van der Waals surface area contributed by atoms with Crippen LogP contribution in [0.4, 0.5) is 0 Å². The zero-order valence-electron chi connectivity index (χ0n) is 14.5. The standard InChI is InChI=1S/C20H23ClN2O.ClH/c1-20(2,16-9-5-6-10-17(16)21)19(24)23-13-18-15-8-4-3-7-14(15)11-12-22-18;/h3-10,18,22H,11-13H2,1-2H3,(H,23,24);1H. The number of carbonyl (C=O) groups excluding carboxylic acids is 1. The summed E-state index contributed by atoms with van der Waals surface area (Å²) in [5.41, 5.74) is 2.81. The number of amides is 1. The average Bonchev–Trinajstić information content (AvgIpc) is 2.59. The lowest BCUT2D eigenvalue weighted by Crippen LogP contribution is -2.45. The van der Waals surface area contributed by atoms with Gasteiger partial charge >= 0.3 is 0 Å². The Balaban J connectivity index is 0.00000225. The van der Waals surface area contributed by atoms with Gasteiger partial charge in [0.2, 0.25) is 5.91 Å². The second-order valence-corrected chi connectivity index (χ2v) is 7.18. The van der Waals surface area contributed by atoms with E-state index in [9.17, 15) is 4.79 Å². The van der Waals surface area contributed by atoms with Gasteiger partial charge in [0.15, 0.2) is 0 Å². The second kappa shape index (κ2) is 8.22. The molecule has 1 heterocycles. The predicted molar refractivity (Wildman–Crippen MR) is 106 cm³/mol.